The molecule has 1 amide bonds. The SMILES string of the molecule is CC1(C)OB(C(=Cc2cccc(C(=O)O)c2F)CNC(=O)OCc2ccccc2)OC1(C)C. The molecule has 0 unspecified atom stereocenters. The summed E-state index contributed by atoms with van der Waals surface area (Å²) in [6, 6.07) is 13.3. The Morgan fingerprint density at radius 2 is 1.70 bits per heavy atom. The summed E-state index contributed by atoms with van der Waals surface area (Å²) in [5.41, 5.74) is -0.488. The number of hydrogen-bond acceptors (Lipinski definition) is 5. The van der Waals surface area contributed by atoms with Crippen molar-refractivity contribution < 1.29 is 33.1 Å². The number of amides is 1. The van der Waals surface area contributed by atoms with Gasteiger partial charge in [0.25, 0.3) is 0 Å². The van der Waals surface area contributed by atoms with Crippen molar-refractivity contribution in [1.29, 1.82) is 0 Å². The third-order valence-electron chi connectivity index (χ3n) is 5.81. The molecule has 33 heavy (non-hydrogen) atoms. The lowest BCUT2D eigenvalue weighted by Crippen LogP contribution is -2.41. The highest BCUT2D eigenvalue weighted by Crippen LogP contribution is 2.38. The molecule has 3 rings (SSSR count). The Morgan fingerprint density at radius 3 is 2.30 bits per heavy atom. The molecule has 1 fully saturated rings. The van der Waals surface area contributed by atoms with E-state index in [0.717, 1.165) is 5.56 Å². The summed E-state index contributed by atoms with van der Waals surface area (Å²) in [4.78, 5) is 23.6. The third kappa shape index (κ3) is 5.80. The number of halogens is 1. The summed E-state index contributed by atoms with van der Waals surface area (Å²) in [5, 5.41) is 11.9. The number of carboxylic acids is 1. The number of rotatable bonds is 7. The van der Waals surface area contributed by atoms with Crippen LogP contribution < -0.4 is 5.32 Å². The maximum absolute atomic E-state index is 14.8. The Bertz CT molecular complexity index is 1040. The van der Waals surface area contributed by atoms with Crippen LogP contribution in [0.4, 0.5) is 9.18 Å². The van der Waals surface area contributed by atoms with Crippen LogP contribution in [0.5, 0.6) is 0 Å². The first-order chi connectivity index (χ1) is 15.5. The fraction of sp³-hybridized carbons (Fsp3) is 0.333. The highest BCUT2D eigenvalue weighted by atomic mass is 19.1. The van der Waals surface area contributed by atoms with E-state index in [-0.39, 0.29) is 18.7 Å². The molecule has 0 saturated carbocycles. The molecular formula is C24H27BFNO6. The minimum Gasteiger partial charge on any atom is -0.478 e. The molecule has 0 aromatic heterocycles. The molecule has 2 aromatic carbocycles. The average Bonchev–Trinajstić information content (AvgIpc) is 2.98. The molecular weight excluding hydrogens is 428 g/mol. The number of benzene rings is 2. The molecule has 174 valence electrons. The van der Waals surface area contributed by atoms with Crippen molar-refractivity contribution in [1.82, 2.24) is 5.32 Å². The molecule has 1 aliphatic rings. The molecule has 0 spiro atoms. The second-order valence-electron chi connectivity index (χ2n) is 8.74. The Labute approximate surface area is 192 Å². The van der Waals surface area contributed by atoms with Gasteiger partial charge in [-0.1, -0.05) is 48.5 Å². The molecule has 2 aromatic rings. The van der Waals surface area contributed by atoms with Crippen molar-refractivity contribution in [2.45, 2.75) is 45.5 Å². The predicted octanol–water partition coefficient (Wildman–Crippen LogP) is 4.47. The van der Waals surface area contributed by atoms with Gasteiger partial charge in [-0.2, -0.15) is 0 Å². The number of aromatic carboxylic acids is 1. The van der Waals surface area contributed by atoms with Gasteiger partial charge in [0.2, 0.25) is 0 Å². The zero-order valence-corrected chi connectivity index (χ0v) is 19.1. The quantitative estimate of drug-likeness (QED) is 0.599. The summed E-state index contributed by atoms with van der Waals surface area (Å²) in [6.45, 7) is 7.53. The van der Waals surface area contributed by atoms with E-state index in [2.05, 4.69) is 5.32 Å². The van der Waals surface area contributed by atoms with E-state index in [4.69, 9.17) is 14.0 Å². The number of carbonyl (C=O) groups is 2. The lowest BCUT2D eigenvalue weighted by Gasteiger charge is -2.32. The minimum atomic E-state index is -1.37. The Hall–Kier alpha value is -3.17. The third-order valence-corrected chi connectivity index (χ3v) is 5.81. The van der Waals surface area contributed by atoms with Crippen molar-refractivity contribution in [3.05, 3.63) is 76.5 Å². The van der Waals surface area contributed by atoms with Crippen LogP contribution in [0.1, 0.15) is 49.2 Å². The van der Waals surface area contributed by atoms with Crippen LogP contribution in [0.2, 0.25) is 0 Å². The van der Waals surface area contributed by atoms with Crippen molar-refractivity contribution in [2.75, 3.05) is 6.54 Å². The van der Waals surface area contributed by atoms with E-state index < -0.39 is 41.8 Å². The van der Waals surface area contributed by atoms with Gasteiger partial charge >= 0.3 is 19.2 Å². The number of carbonyl (C=O) groups excluding carboxylic acids is 1. The van der Waals surface area contributed by atoms with Crippen LogP contribution in [0.25, 0.3) is 6.08 Å². The predicted molar refractivity (Wildman–Crippen MR) is 122 cm³/mol. The molecule has 0 radical (unpaired) electrons. The van der Waals surface area contributed by atoms with Crippen LogP contribution in [0, 0.1) is 5.82 Å². The van der Waals surface area contributed by atoms with Crippen molar-refractivity contribution >= 4 is 25.3 Å². The normalized spacial score (nSPS) is 17.0. The van der Waals surface area contributed by atoms with Crippen LogP contribution in [0.15, 0.2) is 54.0 Å². The highest BCUT2D eigenvalue weighted by molar-refractivity contribution is 6.56. The van der Waals surface area contributed by atoms with Gasteiger partial charge in [-0.05, 0) is 44.8 Å². The molecule has 1 saturated heterocycles. The van der Waals surface area contributed by atoms with E-state index in [1.54, 1.807) is 0 Å². The fourth-order valence-electron chi connectivity index (χ4n) is 3.17. The van der Waals surface area contributed by atoms with Gasteiger partial charge in [0, 0.05) is 12.1 Å². The first-order valence-electron chi connectivity index (χ1n) is 10.5. The van der Waals surface area contributed by atoms with Crippen LogP contribution >= 0.6 is 0 Å². The van der Waals surface area contributed by atoms with Gasteiger partial charge in [-0.25, -0.2) is 14.0 Å². The summed E-state index contributed by atoms with van der Waals surface area (Å²) in [5.74, 6) is -2.26. The number of ether oxygens (including phenoxy) is 1. The minimum absolute atomic E-state index is 0.0408. The summed E-state index contributed by atoms with van der Waals surface area (Å²) >= 11 is 0. The first-order valence-corrected chi connectivity index (χ1v) is 10.5. The maximum atomic E-state index is 14.8. The number of alkyl carbamates (subject to hydrolysis) is 1. The van der Waals surface area contributed by atoms with Gasteiger partial charge < -0.3 is 24.5 Å². The van der Waals surface area contributed by atoms with Crippen molar-refractivity contribution in [3.63, 3.8) is 0 Å². The first kappa shape index (κ1) is 24.5. The zero-order chi connectivity index (χ0) is 24.2. The van der Waals surface area contributed by atoms with E-state index in [0.29, 0.717) is 5.47 Å². The smallest absolute Gasteiger partial charge is 0.478 e. The molecule has 2 N–H and O–H groups in total. The largest absolute Gasteiger partial charge is 0.492 e. The van der Waals surface area contributed by atoms with Crippen molar-refractivity contribution in [2.24, 2.45) is 0 Å². The maximum Gasteiger partial charge on any atom is 0.492 e. The Balaban J connectivity index is 1.81. The fourth-order valence-corrected chi connectivity index (χ4v) is 3.17. The van der Waals surface area contributed by atoms with E-state index >= 15 is 0 Å². The molecule has 9 heteroatoms. The van der Waals surface area contributed by atoms with Gasteiger partial charge in [0.05, 0.1) is 16.8 Å². The van der Waals surface area contributed by atoms with Crippen molar-refractivity contribution in [3.8, 4) is 0 Å². The topological polar surface area (TPSA) is 94.1 Å². The average molecular weight is 455 g/mol. The van der Waals surface area contributed by atoms with Gasteiger partial charge in [-0.15, -0.1) is 0 Å². The van der Waals surface area contributed by atoms with Gasteiger partial charge in [0.1, 0.15) is 12.4 Å². The van der Waals surface area contributed by atoms with E-state index in [1.807, 2.05) is 58.0 Å². The summed E-state index contributed by atoms with van der Waals surface area (Å²) in [7, 11) is -0.877. The monoisotopic (exact) mass is 455 g/mol. The lowest BCUT2D eigenvalue weighted by atomic mass is 9.77. The summed E-state index contributed by atoms with van der Waals surface area (Å²) in [6.07, 6.45) is 0.766. The number of carboxylic acid groups (broad SMARTS) is 1. The highest BCUT2D eigenvalue weighted by Gasteiger charge is 2.52. The van der Waals surface area contributed by atoms with Gasteiger partial charge in [-0.3, -0.25) is 0 Å². The molecule has 0 bridgehead atoms. The molecule has 1 heterocycles. The molecule has 0 atom stereocenters. The second-order valence-corrected chi connectivity index (χ2v) is 8.74. The van der Waals surface area contributed by atoms with E-state index in [9.17, 15) is 19.1 Å². The lowest BCUT2D eigenvalue weighted by molar-refractivity contribution is 0.00578. The summed E-state index contributed by atoms with van der Waals surface area (Å²) < 4.78 is 32.1. The number of hydrogen-bond donors (Lipinski definition) is 2. The van der Waals surface area contributed by atoms with Crippen LogP contribution in [0.3, 0.4) is 0 Å². The molecule has 1 aliphatic heterocycles. The molecule has 0 aliphatic carbocycles. The van der Waals surface area contributed by atoms with Crippen LogP contribution in [-0.4, -0.2) is 42.0 Å². The van der Waals surface area contributed by atoms with Crippen LogP contribution in [-0.2, 0) is 20.7 Å². The standard InChI is InChI=1S/C24H27BFNO6/c1-23(2)24(3,4)33-25(32-23)18(13-17-11-8-12-19(20(17)26)21(28)29)14-27-22(30)31-15-16-9-6-5-7-10-16/h5-13H,14-15H2,1-4H3,(H,27,30)(H,28,29). The second kappa shape index (κ2) is 9.76. The van der Waals surface area contributed by atoms with E-state index in [1.165, 1.54) is 24.3 Å². The Morgan fingerprint density at radius 1 is 1.06 bits per heavy atom. The number of nitrogens with one attached hydrogen (secondary N) is 1. The van der Waals surface area contributed by atoms with Gasteiger partial charge in [0.15, 0.2) is 0 Å². The Kier molecular flexibility index (Phi) is 7.24. The molecule has 7 nitrogen and oxygen atoms in total. The zero-order valence-electron chi connectivity index (χ0n) is 19.1.